The molecule has 0 N–H and O–H groups in total. The van der Waals surface area contributed by atoms with Crippen molar-refractivity contribution in [2.45, 2.75) is 19.6 Å². The number of rotatable bonds is 5. The molecule has 1 fully saturated rings. The van der Waals surface area contributed by atoms with E-state index in [9.17, 15) is 4.79 Å². The van der Waals surface area contributed by atoms with Crippen LogP contribution in [0.3, 0.4) is 0 Å². The minimum atomic E-state index is -0.459. The Morgan fingerprint density at radius 3 is 2.81 bits per heavy atom. The highest BCUT2D eigenvalue weighted by molar-refractivity contribution is 5.81. The molecule has 21 heavy (non-hydrogen) atoms. The first-order chi connectivity index (χ1) is 10.2. The van der Waals surface area contributed by atoms with Crippen molar-refractivity contribution in [1.29, 1.82) is 0 Å². The SMILES string of the molecule is C[C@H](Oc1ccccc1)C(=O)N1CC(Cn2cncn2)C1. The molecular weight excluding hydrogens is 268 g/mol. The Bertz CT molecular complexity index is 579. The van der Waals surface area contributed by atoms with Crippen molar-refractivity contribution in [3.05, 3.63) is 43.0 Å². The number of amides is 1. The van der Waals surface area contributed by atoms with Gasteiger partial charge in [0.25, 0.3) is 5.91 Å². The highest BCUT2D eigenvalue weighted by atomic mass is 16.5. The third-order valence-corrected chi connectivity index (χ3v) is 3.58. The Morgan fingerprint density at radius 2 is 2.14 bits per heavy atom. The van der Waals surface area contributed by atoms with Crippen LogP contribution in [0.4, 0.5) is 0 Å². The van der Waals surface area contributed by atoms with Crippen LogP contribution in [0.25, 0.3) is 0 Å². The van der Waals surface area contributed by atoms with E-state index in [-0.39, 0.29) is 5.91 Å². The standard InChI is InChI=1S/C15H18N4O2/c1-12(21-14-5-3-2-4-6-14)15(20)18-7-13(8-18)9-19-11-16-10-17-19/h2-6,10-13H,7-9H2,1H3/t12-/m0/s1. The van der Waals surface area contributed by atoms with Gasteiger partial charge < -0.3 is 9.64 Å². The van der Waals surface area contributed by atoms with Crippen LogP contribution in [-0.2, 0) is 11.3 Å². The normalized spacial score (nSPS) is 16.3. The number of aromatic nitrogens is 3. The van der Waals surface area contributed by atoms with Crippen LogP contribution in [0.5, 0.6) is 5.75 Å². The number of carbonyl (C=O) groups excluding carboxylic acids is 1. The van der Waals surface area contributed by atoms with Crippen molar-refractivity contribution in [1.82, 2.24) is 19.7 Å². The van der Waals surface area contributed by atoms with Gasteiger partial charge in [0.05, 0.1) is 0 Å². The smallest absolute Gasteiger partial charge is 0.263 e. The first-order valence-electron chi connectivity index (χ1n) is 7.05. The fourth-order valence-corrected chi connectivity index (χ4v) is 2.47. The van der Waals surface area contributed by atoms with E-state index in [0.29, 0.717) is 5.92 Å². The number of ether oxygens (including phenoxy) is 1. The summed E-state index contributed by atoms with van der Waals surface area (Å²) in [4.78, 5) is 18.0. The zero-order valence-electron chi connectivity index (χ0n) is 11.9. The van der Waals surface area contributed by atoms with Crippen molar-refractivity contribution in [3.63, 3.8) is 0 Å². The number of hydrogen-bond donors (Lipinski definition) is 0. The molecule has 2 heterocycles. The zero-order valence-corrected chi connectivity index (χ0v) is 11.9. The molecular formula is C15H18N4O2. The van der Waals surface area contributed by atoms with E-state index in [1.165, 1.54) is 6.33 Å². The number of benzene rings is 1. The summed E-state index contributed by atoms with van der Waals surface area (Å²) in [7, 11) is 0. The van der Waals surface area contributed by atoms with Crippen molar-refractivity contribution in [2.24, 2.45) is 5.92 Å². The maximum absolute atomic E-state index is 12.2. The van der Waals surface area contributed by atoms with Gasteiger partial charge in [-0.2, -0.15) is 5.10 Å². The van der Waals surface area contributed by atoms with Crippen molar-refractivity contribution >= 4 is 5.91 Å². The lowest BCUT2D eigenvalue weighted by atomic mass is 9.99. The molecule has 1 aliphatic heterocycles. The summed E-state index contributed by atoms with van der Waals surface area (Å²) in [5.74, 6) is 1.20. The molecule has 1 aliphatic rings. The molecule has 1 aromatic carbocycles. The monoisotopic (exact) mass is 286 g/mol. The van der Waals surface area contributed by atoms with Crippen LogP contribution in [-0.4, -0.2) is 44.8 Å². The maximum Gasteiger partial charge on any atom is 0.263 e. The first kappa shape index (κ1) is 13.6. The molecule has 1 aromatic heterocycles. The summed E-state index contributed by atoms with van der Waals surface area (Å²) in [5.41, 5.74) is 0. The van der Waals surface area contributed by atoms with Gasteiger partial charge in [0.1, 0.15) is 18.4 Å². The van der Waals surface area contributed by atoms with Gasteiger partial charge in [0.2, 0.25) is 0 Å². The van der Waals surface area contributed by atoms with Crippen LogP contribution < -0.4 is 4.74 Å². The molecule has 0 bridgehead atoms. The minimum Gasteiger partial charge on any atom is -0.481 e. The second-order valence-electron chi connectivity index (χ2n) is 5.30. The number of hydrogen-bond acceptors (Lipinski definition) is 4. The molecule has 0 aliphatic carbocycles. The number of likely N-dealkylation sites (tertiary alicyclic amines) is 1. The molecule has 110 valence electrons. The summed E-state index contributed by atoms with van der Waals surface area (Å²) in [6.07, 6.45) is 2.77. The van der Waals surface area contributed by atoms with Crippen molar-refractivity contribution in [2.75, 3.05) is 13.1 Å². The first-order valence-corrected chi connectivity index (χ1v) is 7.05. The lowest BCUT2D eigenvalue weighted by molar-refractivity contribution is -0.144. The zero-order chi connectivity index (χ0) is 14.7. The van der Waals surface area contributed by atoms with E-state index in [0.717, 1.165) is 25.4 Å². The third kappa shape index (κ3) is 3.21. The Hall–Kier alpha value is -2.37. The Balaban J connectivity index is 1.46. The molecule has 0 radical (unpaired) electrons. The molecule has 0 spiro atoms. The summed E-state index contributed by atoms with van der Waals surface area (Å²) in [5, 5.41) is 4.08. The van der Waals surface area contributed by atoms with E-state index in [1.807, 2.05) is 35.2 Å². The van der Waals surface area contributed by atoms with Crippen molar-refractivity contribution < 1.29 is 9.53 Å². The Morgan fingerprint density at radius 1 is 1.38 bits per heavy atom. The summed E-state index contributed by atoms with van der Waals surface area (Å²) in [6.45, 7) is 4.10. The van der Waals surface area contributed by atoms with Crippen LogP contribution in [0.1, 0.15) is 6.92 Å². The van der Waals surface area contributed by atoms with Gasteiger partial charge >= 0.3 is 0 Å². The third-order valence-electron chi connectivity index (χ3n) is 3.58. The predicted molar refractivity (Wildman–Crippen MR) is 76.6 cm³/mol. The maximum atomic E-state index is 12.2. The number of nitrogens with zero attached hydrogens (tertiary/aromatic N) is 4. The summed E-state index contributed by atoms with van der Waals surface area (Å²) in [6, 6.07) is 9.42. The topological polar surface area (TPSA) is 60.2 Å². The lowest BCUT2D eigenvalue weighted by Crippen LogP contribution is -2.54. The van der Waals surface area contributed by atoms with Crippen LogP contribution >= 0.6 is 0 Å². The van der Waals surface area contributed by atoms with Gasteiger partial charge in [-0.3, -0.25) is 9.48 Å². The van der Waals surface area contributed by atoms with Crippen LogP contribution in [0, 0.1) is 5.92 Å². The predicted octanol–water partition coefficient (Wildman–Crippen LogP) is 1.20. The van der Waals surface area contributed by atoms with E-state index >= 15 is 0 Å². The second kappa shape index (κ2) is 5.95. The largest absolute Gasteiger partial charge is 0.481 e. The molecule has 6 heteroatoms. The molecule has 2 aromatic rings. The van der Waals surface area contributed by atoms with Gasteiger partial charge in [0.15, 0.2) is 6.10 Å². The molecule has 6 nitrogen and oxygen atoms in total. The summed E-state index contributed by atoms with van der Waals surface area (Å²) < 4.78 is 7.46. The fourth-order valence-electron chi connectivity index (χ4n) is 2.47. The highest BCUT2D eigenvalue weighted by Crippen LogP contribution is 2.20. The van der Waals surface area contributed by atoms with Crippen LogP contribution in [0.15, 0.2) is 43.0 Å². The quantitative estimate of drug-likeness (QED) is 0.829. The molecule has 0 unspecified atom stereocenters. The minimum absolute atomic E-state index is 0.0358. The fraction of sp³-hybridized carbons (Fsp3) is 0.400. The molecule has 1 amide bonds. The lowest BCUT2D eigenvalue weighted by Gasteiger charge is -2.40. The molecule has 3 rings (SSSR count). The Labute approximate surface area is 123 Å². The number of para-hydroxylation sites is 1. The van der Waals surface area contributed by atoms with E-state index in [4.69, 9.17) is 4.74 Å². The van der Waals surface area contributed by atoms with Gasteiger partial charge in [-0.1, -0.05) is 18.2 Å². The molecule has 1 atom stereocenters. The molecule has 1 saturated heterocycles. The van der Waals surface area contributed by atoms with E-state index < -0.39 is 6.10 Å². The van der Waals surface area contributed by atoms with E-state index in [2.05, 4.69) is 10.1 Å². The van der Waals surface area contributed by atoms with Crippen molar-refractivity contribution in [3.8, 4) is 5.75 Å². The number of carbonyl (C=O) groups is 1. The van der Waals surface area contributed by atoms with Crippen LogP contribution in [0.2, 0.25) is 0 Å². The average Bonchev–Trinajstić information content (AvgIpc) is 2.96. The Kier molecular flexibility index (Phi) is 3.85. The van der Waals surface area contributed by atoms with Gasteiger partial charge in [-0.25, -0.2) is 4.98 Å². The second-order valence-corrected chi connectivity index (χ2v) is 5.30. The van der Waals surface area contributed by atoms with E-state index in [1.54, 1.807) is 17.9 Å². The average molecular weight is 286 g/mol. The molecule has 0 saturated carbocycles. The summed E-state index contributed by atoms with van der Waals surface area (Å²) >= 11 is 0. The highest BCUT2D eigenvalue weighted by Gasteiger charge is 2.33. The van der Waals surface area contributed by atoms with Gasteiger partial charge in [0, 0.05) is 25.6 Å². The van der Waals surface area contributed by atoms with Gasteiger partial charge in [-0.05, 0) is 19.1 Å². The van der Waals surface area contributed by atoms with Gasteiger partial charge in [-0.15, -0.1) is 0 Å².